The number of alkyl halides is 3. The highest BCUT2D eigenvalue weighted by atomic mass is 19.4. The molecule has 6 nitrogen and oxygen atoms in total. The highest BCUT2D eigenvalue weighted by molar-refractivity contribution is 5.81. The molecule has 0 bridgehead atoms. The molecule has 0 aliphatic rings. The van der Waals surface area contributed by atoms with Crippen LogP contribution in [-0.2, 0) is 4.79 Å². The van der Waals surface area contributed by atoms with E-state index in [-0.39, 0.29) is 6.54 Å². The number of hydrogen-bond donors (Lipinski definition) is 2. The topological polar surface area (TPSA) is 81.0 Å². The predicted octanol–water partition coefficient (Wildman–Crippen LogP) is 2.09. The van der Waals surface area contributed by atoms with Gasteiger partial charge in [-0.3, -0.25) is 10.1 Å². The number of nitrogens with zero attached hydrogens (tertiary/aromatic N) is 2. The molecule has 2 aromatic rings. The van der Waals surface area contributed by atoms with Crippen molar-refractivity contribution < 1.29 is 22.9 Å². The van der Waals surface area contributed by atoms with Crippen LogP contribution in [0.5, 0.6) is 0 Å². The molecule has 0 fully saturated rings. The molecule has 130 valence electrons. The van der Waals surface area contributed by atoms with E-state index in [0.29, 0.717) is 18.9 Å². The number of benzene rings is 1. The van der Waals surface area contributed by atoms with Crippen molar-refractivity contribution in [2.24, 2.45) is 0 Å². The summed E-state index contributed by atoms with van der Waals surface area (Å²) in [6, 6.07) is 7.56. The van der Waals surface area contributed by atoms with Gasteiger partial charge < -0.3 is 5.32 Å². The van der Waals surface area contributed by atoms with Gasteiger partial charge in [0.25, 0.3) is 0 Å². The van der Waals surface area contributed by atoms with Crippen molar-refractivity contribution in [3.63, 3.8) is 0 Å². The summed E-state index contributed by atoms with van der Waals surface area (Å²) in [6.45, 7) is 0.716. The number of anilines is 1. The van der Waals surface area contributed by atoms with Gasteiger partial charge in [-0.1, -0.05) is 30.1 Å². The Morgan fingerprint density at radius 3 is 2.50 bits per heavy atom. The first-order valence-electron chi connectivity index (χ1n) is 7.70. The van der Waals surface area contributed by atoms with E-state index in [0.717, 1.165) is 30.3 Å². The molecular formula is C15H19F3N5O+. The fraction of sp³-hybridized carbons (Fsp3) is 0.467. The summed E-state index contributed by atoms with van der Waals surface area (Å²) in [5.74, 6) is -1.30. The zero-order valence-corrected chi connectivity index (χ0v) is 13.0. The fourth-order valence-corrected chi connectivity index (χ4v) is 2.12. The van der Waals surface area contributed by atoms with Crippen LogP contribution in [0.4, 0.5) is 19.1 Å². The van der Waals surface area contributed by atoms with Gasteiger partial charge in [0, 0.05) is 11.6 Å². The Kier molecular flexibility index (Phi) is 6.28. The lowest BCUT2D eigenvalue weighted by atomic mass is 10.2. The molecule has 1 amide bonds. The molecule has 0 unspecified atom stereocenters. The van der Waals surface area contributed by atoms with Crippen molar-refractivity contribution in [2.75, 3.05) is 18.4 Å². The van der Waals surface area contributed by atoms with Crippen LogP contribution in [0.1, 0.15) is 25.7 Å². The van der Waals surface area contributed by atoms with E-state index in [9.17, 15) is 18.0 Å². The maximum absolute atomic E-state index is 11.9. The number of nitrogens with one attached hydrogen (secondary N) is 3. The average molecular weight is 342 g/mol. The van der Waals surface area contributed by atoms with Gasteiger partial charge >= 0.3 is 18.0 Å². The van der Waals surface area contributed by atoms with Crippen LogP contribution >= 0.6 is 0 Å². The number of carbonyl (C=O) groups excluding carboxylic acids is 1. The lowest BCUT2D eigenvalue weighted by Crippen LogP contribution is -2.37. The van der Waals surface area contributed by atoms with Crippen LogP contribution in [0.15, 0.2) is 24.3 Å². The number of unbranched alkanes of at least 4 members (excludes halogenated alkanes) is 3. The summed E-state index contributed by atoms with van der Waals surface area (Å²) >= 11 is 0. The van der Waals surface area contributed by atoms with Gasteiger partial charge in [-0.05, 0) is 25.0 Å². The molecule has 1 aromatic carbocycles. The number of fused-ring (bicyclic) bond motifs is 1. The van der Waals surface area contributed by atoms with Crippen molar-refractivity contribution in [2.45, 2.75) is 31.9 Å². The highest BCUT2D eigenvalue weighted by Crippen LogP contribution is 2.14. The summed E-state index contributed by atoms with van der Waals surface area (Å²) in [7, 11) is 0. The molecule has 1 aromatic heterocycles. The molecule has 0 saturated carbocycles. The number of amides is 1. The van der Waals surface area contributed by atoms with E-state index >= 15 is 0 Å². The second kappa shape index (κ2) is 8.42. The van der Waals surface area contributed by atoms with Crippen LogP contribution in [0.25, 0.3) is 11.0 Å². The summed E-state index contributed by atoms with van der Waals surface area (Å²) in [5.41, 5.74) is 1.67. The van der Waals surface area contributed by atoms with Gasteiger partial charge in [0.15, 0.2) is 0 Å². The first kappa shape index (κ1) is 17.9. The molecular weight excluding hydrogens is 323 g/mol. The van der Waals surface area contributed by atoms with Crippen LogP contribution in [0.2, 0.25) is 0 Å². The molecule has 9 heteroatoms. The van der Waals surface area contributed by atoms with E-state index in [1.807, 2.05) is 29.6 Å². The monoisotopic (exact) mass is 342 g/mol. The molecule has 0 aliphatic carbocycles. The van der Waals surface area contributed by atoms with Gasteiger partial charge in [0.1, 0.15) is 11.0 Å². The number of aromatic amines is 1. The third kappa shape index (κ3) is 5.64. The van der Waals surface area contributed by atoms with Crippen LogP contribution in [-0.4, -0.2) is 35.4 Å². The van der Waals surface area contributed by atoms with Gasteiger partial charge in [0.05, 0.1) is 6.54 Å². The van der Waals surface area contributed by atoms with Gasteiger partial charge in [-0.25, -0.2) is 4.98 Å². The first-order valence-corrected chi connectivity index (χ1v) is 7.70. The lowest BCUT2D eigenvalue weighted by Gasteiger charge is -2.07. The van der Waals surface area contributed by atoms with Gasteiger partial charge in [-0.2, -0.15) is 13.2 Å². The van der Waals surface area contributed by atoms with E-state index < -0.39 is 12.1 Å². The Bertz CT molecular complexity index is 677. The molecule has 24 heavy (non-hydrogen) atoms. The molecule has 0 aliphatic heterocycles. The van der Waals surface area contributed by atoms with Crippen molar-refractivity contribution in [1.82, 2.24) is 15.5 Å². The highest BCUT2D eigenvalue weighted by Gasteiger charge is 2.38. The number of aromatic nitrogens is 3. The average Bonchev–Trinajstić information content (AvgIpc) is 2.56. The smallest absolute Gasteiger partial charge is 0.348 e. The number of carbonyl (C=O) groups is 1. The standard InChI is InChI=1S/C15H18F3N5O/c16-15(17,18)13(24)19-9-5-1-2-6-10-20-14-21-11-7-3-4-8-12(11)22-23-14/h3-4,7-8H,1-2,5-6,9-10H2,(H,19,24)(H,20,21,23)/p+1. The minimum atomic E-state index is -4.80. The molecule has 0 spiro atoms. The maximum atomic E-state index is 11.9. The number of rotatable bonds is 8. The largest absolute Gasteiger partial charge is 0.471 e. The molecule has 0 radical (unpaired) electrons. The van der Waals surface area contributed by atoms with E-state index in [1.165, 1.54) is 0 Å². The van der Waals surface area contributed by atoms with Crippen molar-refractivity contribution in [3.05, 3.63) is 24.3 Å². The Balaban J connectivity index is 1.57. The Labute approximate surface area is 136 Å². The minimum Gasteiger partial charge on any atom is -0.348 e. The van der Waals surface area contributed by atoms with Crippen molar-refractivity contribution in [1.29, 1.82) is 0 Å². The molecule has 3 N–H and O–H groups in total. The summed E-state index contributed by atoms with van der Waals surface area (Å²) in [5, 5.41) is 13.1. The maximum Gasteiger partial charge on any atom is 0.471 e. The van der Waals surface area contributed by atoms with E-state index in [1.54, 1.807) is 0 Å². The second-order valence-electron chi connectivity index (χ2n) is 5.29. The van der Waals surface area contributed by atoms with E-state index in [2.05, 4.69) is 20.5 Å². The minimum absolute atomic E-state index is 0.0374. The third-order valence-electron chi connectivity index (χ3n) is 3.35. The second-order valence-corrected chi connectivity index (χ2v) is 5.29. The van der Waals surface area contributed by atoms with Crippen LogP contribution in [0.3, 0.4) is 0 Å². The third-order valence-corrected chi connectivity index (χ3v) is 3.35. The molecule has 1 heterocycles. The van der Waals surface area contributed by atoms with Crippen LogP contribution < -0.4 is 15.6 Å². The Morgan fingerprint density at radius 1 is 1.04 bits per heavy atom. The molecule has 2 rings (SSSR count). The van der Waals surface area contributed by atoms with Crippen molar-refractivity contribution in [3.8, 4) is 0 Å². The number of para-hydroxylation sites is 1. The molecule has 0 atom stereocenters. The fourth-order valence-electron chi connectivity index (χ4n) is 2.12. The number of hydrogen-bond acceptors (Lipinski definition) is 4. The Hall–Kier alpha value is -2.45. The Morgan fingerprint density at radius 2 is 1.75 bits per heavy atom. The van der Waals surface area contributed by atoms with Gasteiger partial charge in [0.2, 0.25) is 0 Å². The lowest BCUT2D eigenvalue weighted by molar-refractivity contribution is -0.332. The summed E-state index contributed by atoms with van der Waals surface area (Å²) < 4.78 is 35.8. The summed E-state index contributed by atoms with van der Waals surface area (Å²) in [4.78, 5) is 13.7. The van der Waals surface area contributed by atoms with Gasteiger partial charge in [-0.15, -0.1) is 0 Å². The SMILES string of the molecule is O=C(NCCCCCCNc1nnc2ccccc2[nH+]1)C(F)(F)F. The predicted molar refractivity (Wildman–Crippen MR) is 82.1 cm³/mol. The zero-order chi connectivity index (χ0) is 17.4. The number of H-pyrrole nitrogens is 1. The summed E-state index contributed by atoms with van der Waals surface area (Å²) in [6.07, 6.45) is -1.86. The van der Waals surface area contributed by atoms with Crippen molar-refractivity contribution >= 4 is 22.9 Å². The zero-order valence-electron chi connectivity index (χ0n) is 13.0. The van der Waals surface area contributed by atoms with E-state index in [4.69, 9.17) is 0 Å². The molecule has 0 saturated heterocycles. The van der Waals surface area contributed by atoms with Crippen LogP contribution in [0, 0.1) is 0 Å². The quantitative estimate of drug-likeness (QED) is 0.720. The number of halogens is 3. The first-order chi connectivity index (χ1) is 11.5. The normalized spacial score (nSPS) is 11.5.